The molecule has 1 unspecified atom stereocenters. The monoisotopic (exact) mass is 339 g/mol. The van der Waals surface area contributed by atoms with Gasteiger partial charge in [-0.2, -0.15) is 5.10 Å². The summed E-state index contributed by atoms with van der Waals surface area (Å²) < 4.78 is 9.33. The van der Waals surface area contributed by atoms with Crippen molar-refractivity contribution in [2.45, 2.75) is 45.1 Å². The van der Waals surface area contributed by atoms with Crippen molar-refractivity contribution in [3.8, 4) is 5.82 Å². The molecule has 23 heavy (non-hydrogen) atoms. The Labute approximate surface area is 138 Å². The van der Waals surface area contributed by atoms with Gasteiger partial charge in [0.2, 0.25) is 0 Å². The lowest BCUT2D eigenvalue weighted by Crippen LogP contribution is -2.15. The van der Waals surface area contributed by atoms with Crippen LogP contribution in [0.25, 0.3) is 5.82 Å². The Kier molecular flexibility index (Phi) is 5.42. The number of rotatable bonds is 7. The Morgan fingerprint density at radius 3 is 2.61 bits per heavy atom. The summed E-state index contributed by atoms with van der Waals surface area (Å²) in [6.45, 7) is 7.69. The lowest BCUT2D eigenvalue weighted by molar-refractivity contribution is -0.133. The molecule has 2 heterocycles. The first-order valence-corrected chi connectivity index (χ1v) is 8.24. The van der Waals surface area contributed by atoms with E-state index in [9.17, 15) is 4.79 Å². The third kappa shape index (κ3) is 4.11. The van der Waals surface area contributed by atoms with E-state index in [-0.39, 0.29) is 18.0 Å². The molecule has 0 aliphatic carbocycles. The molecule has 0 spiro atoms. The van der Waals surface area contributed by atoms with Crippen LogP contribution in [0.5, 0.6) is 0 Å². The Balaban J connectivity index is 2.46. The van der Waals surface area contributed by atoms with E-state index in [1.165, 1.54) is 0 Å². The molecule has 9 heteroatoms. The van der Waals surface area contributed by atoms with E-state index in [1.54, 1.807) is 9.25 Å². The minimum absolute atomic E-state index is 0.0403. The molecule has 2 aromatic heterocycles. The summed E-state index contributed by atoms with van der Waals surface area (Å²) in [5, 5.41) is 22.1. The topological polar surface area (TPSA) is 95.1 Å². The normalized spacial score (nSPS) is 12.8. The van der Waals surface area contributed by atoms with Gasteiger partial charge in [-0.25, -0.2) is 0 Å². The first-order valence-electron chi connectivity index (χ1n) is 7.26. The van der Waals surface area contributed by atoms with E-state index < -0.39 is 5.97 Å². The Bertz CT molecular complexity index is 695. The summed E-state index contributed by atoms with van der Waals surface area (Å²) in [7, 11) is 1.83. The van der Waals surface area contributed by atoms with Crippen molar-refractivity contribution in [1.82, 2.24) is 24.5 Å². The minimum Gasteiger partial charge on any atom is -0.481 e. The number of ether oxygens (including phenoxy) is 1. The molecule has 0 saturated carbocycles. The van der Waals surface area contributed by atoms with Crippen molar-refractivity contribution in [1.29, 1.82) is 0 Å². The van der Waals surface area contributed by atoms with Gasteiger partial charge in [0.1, 0.15) is 11.9 Å². The van der Waals surface area contributed by atoms with Crippen LogP contribution in [0.3, 0.4) is 0 Å². The molecule has 0 amide bonds. The van der Waals surface area contributed by atoms with Crippen LogP contribution in [-0.4, -0.2) is 47.5 Å². The standard InChI is InChI=1S/C14H21N5O3S/c1-8(2)22-10(4)13-15-16-14(23-7-12(20)21)19(13)11-6-9(3)17-18(11)5/h6,8,10H,7H2,1-5H3,(H,20,21). The van der Waals surface area contributed by atoms with Crippen molar-refractivity contribution in [2.24, 2.45) is 7.05 Å². The van der Waals surface area contributed by atoms with Gasteiger partial charge in [0.25, 0.3) is 0 Å². The number of carboxylic acid groups (broad SMARTS) is 1. The van der Waals surface area contributed by atoms with E-state index in [1.807, 2.05) is 40.8 Å². The molecule has 8 nitrogen and oxygen atoms in total. The Morgan fingerprint density at radius 1 is 1.39 bits per heavy atom. The molecule has 2 rings (SSSR count). The van der Waals surface area contributed by atoms with Crippen LogP contribution < -0.4 is 0 Å². The maximum Gasteiger partial charge on any atom is 0.313 e. The second-order valence-corrected chi connectivity index (χ2v) is 6.40. The molecule has 0 bridgehead atoms. The molecular formula is C14H21N5O3S. The van der Waals surface area contributed by atoms with Crippen LogP contribution >= 0.6 is 11.8 Å². The first-order chi connectivity index (χ1) is 10.8. The summed E-state index contributed by atoms with van der Waals surface area (Å²) in [5.41, 5.74) is 0.855. The van der Waals surface area contributed by atoms with Gasteiger partial charge < -0.3 is 9.84 Å². The van der Waals surface area contributed by atoms with E-state index in [0.717, 1.165) is 23.3 Å². The summed E-state index contributed by atoms with van der Waals surface area (Å²) >= 11 is 1.12. The molecular weight excluding hydrogens is 318 g/mol. The molecule has 0 aliphatic heterocycles. The van der Waals surface area contributed by atoms with Gasteiger partial charge in [-0.15, -0.1) is 10.2 Å². The van der Waals surface area contributed by atoms with Gasteiger partial charge in [-0.1, -0.05) is 11.8 Å². The number of hydrogen-bond donors (Lipinski definition) is 1. The average molecular weight is 339 g/mol. The van der Waals surface area contributed by atoms with Crippen molar-refractivity contribution in [3.63, 3.8) is 0 Å². The lowest BCUT2D eigenvalue weighted by atomic mass is 10.3. The van der Waals surface area contributed by atoms with Gasteiger partial charge >= 0.3 is 5.97 Å². The van der Waals surface area contributed by atoms with Crippen LogP contribution in [0, 0.1) is 6.92 Å². The van der Waals surface area contributed by atoms with Gasteiger partial charge in [-0.05, 0) is 27.7 Å². The SMILES string of the molecule is Cc1cc(-n2c(SCC(=O)O)nnc2C(C)OC(C)C)n(C)n1. The zero-order chi connectivity index (χ0) is 17.1. The maximum absolute atomic E-state index is 10.9. The molecule has 0 saturated heterocycles. The molecule has 0 radical (unpaired) electrons. The highest BCUT2D eigenvalue weighted by molar-refractivity contribution is 7.99. The zero-order valence-electron chi connectivity index (χ0n) is 13.8. The van der Waals surface area contributed by atoms with Crippen molar-refractivity contribution < 1.29 is 14.6 Å². The lowest BCUT2D eigenvalue weighted by Gasteiger charge is -2.17. The van der Waals surface area contributed by atoms with Crippen molar-refractivity contribution >= 4 is 17.7 Å². The average Bonchev–Trinajstić information content (AvgIpc) is 2.98. The first kappa shape index (κ1) is 17.5. The molecule has 2 aromatic rings. The number of thioether (sulfide) groups is 1. The fourth-order valence-corrected chi connectivity index (χ4v) is 2.92. The fraction of sp³-hybridized carbons (Fsp3) is 0.571. The minimum atomic E-state index is -0.904. The molecule has 0 fully saturated rings. The third-order valence-electron chi connectivity index (χ3n) is 3.03. The molecule has 0 aliphatic rings. The largest absolute Gasteiger partial charge is 0.481 e. The van der Waals surface area contributed by atoms with Crippen LogP contribution in [0.15, 0.2) is 11.2 Å². The van der Waals surface area contributed by atoms with Crippen LogP contribution in [0.1, 0.15) is 38.4 Å². The highest BCUT2D eigenvalue weighted by Gasteiger charge is 2.23. The smallest absolute Gasteiger partial charge is 0.313 e. The number of aromatic nitrogens is 5. The van der Waals surface area contributed by atoms with Crippen LogP contribution in [0.2, 0.25) is 0 Å². The second kappa shape index (κ2) is 7.14. The molecule has 126 valence electrons. The Hall–Kier alpha value is -1.87. The third-order valence-corrected chi connectivity index (χ3v) is 3.94. The van der Waals surface area contributed by atoms with Gasteiger partial charge in [0, 0.05) is 13.1 Å². The molecule has 1 atom stereocenters. The second-order valence-electron chi connectivity index (χ2n) is 5.45. The highest BCUT2D eigenvalue weighted by atomic mass is 32.2. The maximum atomic E-state index is 10.9. The van der Waals surface area contributed by atoms with Crippen LogP contribution in [0.4, 0.5) is 0 Å². The number of carboxylic acids is 1. The number of carbonyl (C=O) groups is 1. The van der Waals surface area contributed by atoms with Gasteiger partial charge in [-0.3, -0.25) is 14.0 Å². The van der Waals surface area contributed by atoms with Crippen molar-refractivity contribution in [3.05, 3.63) is 17.6 Å². The van der Waals surface area contributed by atoms with Gasteiger partial charge in [0.05, 0.1) is 17.6 Å². The molecule has 0 aromatic carbocycles. The number of hydrogen-bond acceptors (Lipinski definition) is 6. The van der Waals surface area contributed by atoms with E-state index in [0.29, 0.717) is 11.0 Å². The zero-order valence-corrected chi connectivity index (χ0v) is 14.7. The van der Waals surface area contributed by atoms with E-state index in [2.05, 4.69) is 15.3 Å². The Morgan fingerprint density at radius 2 is 2.09 bits per heavy atom. The van der Waals surface area contributed by atoms with Gasteiger partial charge in [0.15, 0.2) is 11.0 Å². The van der Waals surface area contributed by atoms with E-state index in [4.69, 9.17) is 9.84 Å². The summed E-state index contributed by atoms with van der Waals surface area (Å²) in [4.78, 5) is 10.9. The highest BCUT2D eigenvalue weighted by Crippen LogP contribution is 2.27. The fourth-order valence-electron chi connectivity index (χ4n) is 2.25. The summed E-state index contributed by atoms with van der Waals surface area (Å²) in [6.07, 6.45) is -0.240. The predicted molar refractivity (Wildman–Crippen MR) is 85.9 cm³/mol. The number of nitrogens with zero attached hydrogens (tertiary/aromatic N) is 5. The van der Waals surface area contributed by atoms with Crippen LogP contribution in [-0.2, 0) is 16.6 Å². The quantitative estimate of drug-likeness (QED) is 0.771. The van der Waals surface area contributed by atoms with E-state index >= 15 is 0 Å². The summed E-state index contributed by atoms with van der Waals surface area (Å²) in [6, 6.07) is 1.90. The number of aliphatic carboxylic acids is 1. The predicted octanol–water partition coefficient (Wildman–Crippen LogP) is 1.97. The summed E-state index contributed by atoms with van der Waals surface area (Å²) in [5.74, 6) is 0.400. The number of aryl methyl sites for hydroxylation is 2. The van der Waals surface area contributed by atoms with Crippen molar-refractivity contribution in [2.75, 3.05) is 5.75 Å². The molecule has 1 N–H and O–H groups in total.